The molecule has 1 amide bonds. The maximum Gasteiger partial charge on any atom is 0.266 e. The van der Waals surface area contributed by atoms with Crippen molar-refractivity contribution in [2.75, 3.05) is 24.3 Å². The van der Waals surface area contributed by atoms with E-state index >= 15 is 0 Å². The molecule has 168 valence electrons. The molecule has 32 heavy (non-hydrogen) atoms. The number of fused-ring (bicyclic) bond motifs is 1. The topological polar surface area (TPSA) is 89.3 Å². The molecule has 1 aromatic heterocycles. The Morgan fingerprint density at radius 3 is 2.72 bits per heavy atom. The monoisotopic (exact) mass is 491 g/mol. The van der Waals surface area contributed by atoms with Gasteiger partial charge in [-0.25, -0.2) is 13.4 Å². The Balaban J connectivity index is 1.70. The maximum absolute atomic E-state index is 13.4. The van der Waals surface area contributed by atoms with Crippen LogP contribution < -0.4 is 5.56 Å². The Morgan fingerprint density at radius 1 is 1.28 bits per heavy atom. The fourth-order valence-electron chi connectivity index (χ4n) is 3.77. The van der Waals surface area contributed by atoms with Gasteiger partial charge >= 0.3 is 0 Å². The van der Waals surface area contributed by atoms with Crippen LogP contribution in [0.3, 0.4) is 0 Å². The molecule has 1 aliphatic rings. The average Bonchev–Trinajstić information content (AvgIpc) is 3.11. The van der Waals surface area contributed by atoms with Crippen LogP contribution in [-0.4, -0.2) is 59.1 Å². The number of rotatable bonds is 5. The van der Waals surface area contributed by atoms with Crippen molar-refractivity contribution < 1.29 is 13.2 Å². The molecule has 0 aliphatic carbocycles. The lowest BCUT2D eigenvalue weighted by atomic mass is 10.2. The lowest BCUT2D eigenvalue weighted by Gasteiger charge is -2.23. The minimum atomic E-state index is -3.09. The lowest BCUT2D eigenvalue weighted by molar-refractivity contribution is -0.128. The van der Waals surface area contributed by atoms with Gasteiger partial charge in [0.05, 0.1) is 33.8 Å². The van der Waals surface area contributed by atoms with Crippen LogP contribution in [0.5, 0.6) is 0 Å². The molecule has 0 radical (unpaired) electrons. The number of halogens is 1. The number of hydrogen-bond acceptors (Lipinski definition) is 6. The number of aryl methyl sites for hydroxylation is 1. The third-order valence-electron chi connectivity index (χ3n) is 5.63. The van der Waals surface area contributed by atoms with Gasteiger partial charge in [0.1, 0.15) is 0 Å². The van der Waals surface area contributed by atoms with Crippen LogP contribution in [0.2, 0.25) is 5.02 Å². The summed E-state index contributed by atoms with van der Waals surface area (Å²) in [6.45, 7) is 1.90. The summed E-state index contributed by atoms with van der Waals surface area (Å²) in [5, 5.41) is 1.27. The lowest BCUT2D eigenvalue weighted by Crippen LogP contribution is -2.39. The Hall–Kier alpha value is -2.36. The first-order chi connectivity index (χ1) is 15.2. The second-order valence-electron chi connectivity index (χ2n) is 7.83. The van der Waals surface area contributed by atoms with E-state index in [0.29, 0.717) is 33.2 Å². The van der Waals surface area contributed by atoms with E-state index in [4.69, 9.17) is 11.6 Å². The molecule has 1 atom stereocenters. The van der Waals surface area contributed by atoms with Gasteiger partial charge in [-0.1, -0.05) is 41.6 Å². The predicted molar refractivity (Wildman–Crippen MR) is 128 cm³/mol. The summed E-state index contributed by atoms with van der Waals surface area (Å²) in [7, 11) is -1.47. The molecule has 0 spiro atoms. The van der Waals surface area contributed by atoms with Crippen LogP contribution in [0.4, 0.5) is 0 Å². The van der Waals surface area contributed by atoms with Gasteiger partial charge in [-0.2, -0.15) is 0 Å². The molecule has 1 fully saturated rings. The third kappa shape index (κ3) is 4.55. The molecular formula is C22H22ClN3O4S2. The molecule has 1 aliphatic heterocycles. The molecule has 2 aromatic carbocycles. The zero-order valence-corrected chi connectivity index (χ0v) is 20.0. The smallest absolute Gasteiger partial charge is 0.266 e. The van der Waals surface area contributed by atoms with Crippen LogP contribution in [-0.2, 0) is 14.6 Å². The molecule has 0 N–H and O–H groups in total. The predicted octanol–water partition coefficient (Wildman–Crippen LogP) is 3.09. The zero-order chi connectivity index (χ0) is 23.0. The number of sulfone groups is 1. The Labute approximate surface area is 195 Å². The van der Waals surface area contributed by atoms with E-state index in [9.17, 15) is 18.0 Å². The highest BCUT2D eigenvalue weighted by molar-refractivity contribution is 7.99. The van der Waals surface area contributed by atoms with E-state index in [2.05, 4.69) is 4.98 Å². The molecule has 3 aromatic rings. The van der Waals surface area contributed by atoms with Gasteiger partial charge in [0, 0.05) is 18.1 Å². The highest BCUT2D eigenvalue weighted by atomic mass is 35.5. The number of thioether (sulfide) groups is 1. The van der Waals surface area contributed by atoms with Crippen LogP contribution >= 0.6 is 23.4 Å². The van der Waals surface area contributed by atoms with Crippen molar-refractivity contribution in [3.8, 4) is 5.69 Å². The van der Waals surface area contributed by atoms with Crippen molar-refractivity contribution in [1.82, 2.24) is 14.5 Å². The van der Waals surface area contributed by atoms with Crippen molar-refractivity contribution in [2.45, 2.75) is 24.5 Å². The molecule has 7 nitrogen and oxygen atoms in total. The molecule has 1 saturated heterocycles. The first-order valence-electron chi connectivity index (χ1n) is 10.0. The quantitative estimate of drug-likeness (QED) is 0.402. The zero-order valence-electron chi connectivity index (χ0n) is 17.6. The van der Waals surface area contributed by atoms with Gasteiger partial charge < -0.3 is 4.90 Å². The second-order valence-corrected chi connectivity index (χ2v) is 11.4. The summed E-state index contributed by atoms with van der Waals surface area (Å²) in [5.41, 5.74) is 1.79. The van der Waals surface area contributed by atoms with Gasteiger partial charge in [-0.15, -0.1) is 0 Å². The van der Waals surface area contributed by atoms with E-state index < -0.39 is 9.84 Å². The molecule has 10 heteroatoms. The minimum Gasteiger partial charge on any atom is -0.341 e. The first kappa shape index (κ1) is 22.8. The molecule has 0 bridgehead atoms. The molecule has 0 saturated carbocycles. The van der Waals surface area contributed by atoms with Crippen LogP contribution in [0.25, 0.3) is 16.6 Å². The number of carbonyl (C=O) groups is 1. The van der Waals surface area contributed by atoms with Crippen molar-refractivity contribution in [2.24, 2.45) is 0 Å². The first-order valence-corrected chi connectivity index (χ1v) is 13.2. The summed E-state index contributed by atoms with van der Waals surface area (Å²) in [4.78, 5) is 32.3. The van der Waals surface area contributed by atoms with Gasteiger partial charge in [-0.05, 0) is 43.2 Å². The second kappa shape index (κ2) is 8.88. The number of carbonyl (C=O) groups excluding carboxylic acids is 1. The summed E-state index contributed by atoms with van der Waals surface area (Å²) < 4.78 is 25.1. The number of amides is 1. The summed E-state index contributed by atoms with van der Waals surface area (Å²) in [6, 6.07) is 12.1. The summed E-state index contributed by atoms with van der Waals surface area (Å²) in [5.74, 6) is -0.103. The fourth-order valence-corrected chi connectivity index (χ4v) is 6.64. The summed E-state index contributed by atoms with van der Waals surface area (Å²) in [6.07, 6.45) is 0.440. The molecular weight excluding hydrogens is 470 g/mol. The summed E-state index contributed by atoms with van der Waals surface area (Å²) >= 11 is 7.25. The normalized spacial score (nSPS) is 17.5. The number of aromatic nitrogens is 2. The van der Waals surface area contributed by atoms with Crippen LogP contribution in [0.15, 0.2) is 52.4 Å². The third-order valence-corrected chi connectivity index (χ3v) is 8.54. The van der Waals surface area contributed by atoms with Crippen molar-refractivity contribution in [3.05, 3.63) is 63.4 Å². The Morgan fingerprint density at radius 2 is 2.03 bits per heavy atom. The molecule has 4 rings (SSSR count). The van der Waals surface area contributed by atoms with E-state index in [-0.39, 0.29) is 34.8 Å². The molecule has 1 unspecified atom stereocenters. The standard InChI is InChI=1S/C22H22ClN3O4S2/c1-14-5-3-4-6-19(14)26-21(28)17-8-7-15(23)11-18(17)24-22(26)31-12-20(27)25(2)16-9-10-32(29,30)13-16/h3-8,11,16H,9-10,12-13H2,1-2H3. The van der Waals surface area contributed by atoms with Gasteiger partial charge in [0.25, 0.3) is 5.56 Å². The van der Waals surface area contributed by atoms with Crippen molar-refractivity contribution in [3.63, 3.8) is 0 Å². The van der Waals surface area contributed by atoms with E-state index in [1.54, 1.807) is 25.2 Å². The van der Waals surface area contributed by atoms with Gasteiger partial charge in [0.15, 0.2) is 15.0 Å². The van der Waals surface area contributed by atoms with Crippen molar-refractivity contribution in [1.29, 1.82) is 0 Å². The van der Waals surface area contributed by atoms with Crippen LogP contribution in [0, 0.1) is 6.92 Å². The highest BCUT2D eigenvalue weighted by Crippen LogP contribution is 2.25. The SMILES string of the molecule is Cc1ccccc1-n1c(SCC(=O)N(C)C2CCS(=O)(=O)C2)nc2cc(Cl)ccc2c1=O. The number of benzene rings is 2. The minimum absolute atomic E-state index is 0.0133. The van der Waals surface area contributed by atoms with Crippen LogP contribution in [0.1, 0.15) is 12.0 Å². The van der Waals surface area contributed by atoms with Crippen molar-refractivity contribution >= 4 is 50.0 Å². The number of para-hydroxylation sites is 1. The Bertz CT molecular complexity index is 1370. The average molecular weight is 492 g/mol. The molecule has 2 heterocycles. The van der Waals surface area contributed by atoms with E-state index in [1.807, 2.05) is 31.2 Å². The van der Waals surface area contributed by atoms with Gasteiger partial charge in [0.2, 0.25) is 5.91 Å². The maximum atomic E-state index is 13.4. The Kier molecular flexibility index (Phi) is 6.33. The number of hydrogen-bond donors (Lipinski definition) is 0. The van der Waals surface area contributed by atoms with E-state index in [0.717, 1.165) is 17.3 Å². The van der Waals surface area contributed by atoms with E-state index in [1.165, 1.54) is 9.47 Å². The number of nitrogens with zero attached hydrogens (tertiary/aromatic N) is 3. The fraction of sp³-hybridized carbons (Fsp3) is 0.318. The highest BCUT2D eigenvalue weighted by Gasteiger charge is 2.32. The van der Waals surface area contributed by atoms with Gasteiger partial charge in [-0.3, -0.25) is 14.2 Å². The largest absolute Gasteiger partial charge is 0.341 e.